The van der Waals surface area contributed by atoms with Gasteiger partial charge in [-0.15, -0.1) is 0 Å². The van der Waals surface area contributed by atoms with Crippen molar-refractivity contribution in [3.8, 4) is 5.75 Å². The first-order valence-corrected chi connectivity index (χ1v) is 6.41. The topological polar surface area (TPSA) is 77.8 Å². The van der Waals surface area contributed by atoms with Crippen LogP contribution in [0.15, 0.2) is 18.2 Å². The molecule has 0 aromatic heterocycles. The number of hydrogen-bond acceptors (Lipinski definition) is 3. The van der Waals surface area contributed by atoms with Crippen molar-refractivity contribution in [2.75, 3.05) is 13.1 Å². The molecule has 0 aliphatic carbocycles. The van der Waals surface area contributed by atoms with Crippen molar-refractivity contribution >= 4 is 11.9 Å². The van der Waals surface area contributed by atoms with E-state index >= 15 is 0 Å². The molecule has 1 amide bonds. The first-order valence-electron chi connectivity index (χ1n) is 6.41. The molecule has 2 N–H and O–H groups in total. The Morgan fingerprint density at radius 2 is 2.15 bits per heavy atom. The molecule has 108 valence electrons. The second-order valence-electron chi connectivity index (χ2n) is 5.08. The molecule has 1 aliphatic heterocycles. The van der Waals surface area contributed by atoms with Gasteiger partial charge in [0.25, 0.3) is 5.91 Å². The van der Waals surface area contributed by atoms with Crippen LogP contribution in [0.4, 0.5) is 4.39 Å². The highest BCUT2D eigenvalue weighted by Crippen LogP contribution is 2.35. The third-order valence-corrected chi connectivity index (χ3v) is 3.95. The van der Waals surface area contributed by atoms with E-state index in [1.807, 2.05) is 0 Å². The molecule has 0 saturated carbocycles. The zero-order valence-corrected chi connectivity index (χ0v) is 11.1. The number of benzene rings is 1. The van der Waals surface area contributed by atoms with E-state index in [1.54, 1.807) is 6.92 Å². The van der Waals surface area contributed by atoms with Crippen LogP contribution in [0.1, 0.15) is 30.1 Å². The maximum atomic E-state index is 13.7. The fourth-order valence-corrected chi connectivity index (χ4v) is 2.51. The van der Waals surface area contributed by atoms with Crippen molar-refractivity contribution in [3.05, 3.63) is 29.6 Å². The van der Waals surface area contributed by atoms with Gasteiger partial charge in [0.2, 0.25) is 0 Å². The van der Waals surface area contributed by atoms with Crippen LogP contribution in [0.25, 0.3) is 0 Å². The zero-order chi connectivity index (χ0) is 14.9. The summed E-state index contributed by atoms with van der Waals surface area (Å²) in [6.45, 7) is 2.14. The van der Waals surface area contributed by atoms with Gasteiger partial charge < -0.3 is 15.1 Å². The molecule has 0 bridgehead atoms. The summed E-state index contributed by atoms with van der Waals surface area (Å²) < 4.78 is 13.7. The average molecular weight is 281 g/mol. The number of carboxylic acid groups (broad SMARTS) is 1. The number of carbonyl (C=O) groups is 2. The summed E-state index contributed by atoms with van der Waals surface area (Å²) in [5.74, 6) is -2.53. The molecule has 1 heterocycles. The third kappa shape index (κ3) is 2.33. The van der Waals surface area contributed by atoms with Crippen LogP contribution < -0.4 is 0 Å². The van der Waals surface area contributed by atoms with Crippen LogP contribution in [-0.2, 0) is 4.79 Å². The van der Waals surface area contributed by atoms with Crippen molar-refractivity contribution in [2.24, 2.45) is 5.41 Å². The maximum Gasteiger partial charge on any atom is 0.311 e. The molecule has 6 heteroatoms. The van der Waals surface area contributed by atoms with E-state index in [9.17, 15) is 19.1 Å². The fraction of sp³-hybridized carbons (Fsp3) is 0.429. The lowest BCUT2D eigenvalue weighted by Crippen LogP contribution is -2.36. The van der Waals surface area contributed by atoms with Gasteiger partial charge in [-0.1, -0.05) is 6.92 Å². The van der Waals surface area contributed by atoms with E-state index in [-0.39, 0.29) is 17.9 Å². The Labute approximate surface area is 115 Å². The number of aliphatic carboxylic acids is 1. The molecule has 1 aromatic carbocycles. The van der Waals surface area contributed by atoms with Gasteiger partial charge >= 0.3 is 5.97 Å². The van der Waals surface area contributed by atoms with E-state index in [2.05, 4.69) is 0 Å². The number of likely N-dealkylation sites (tertiary alicyclic amines) is 1. The molecule has 1 fully saturated rings. The average Bonchev–Trinajstić information content (AvgIpc) is 2.83. The van der Waals surface area contributed by atoms with Crippen molar-refractivity contribution in [1.29, 1.82) is 0 Å². The van der Waals surface area contributed by atoms with E-state index in [4.69, 9.17) is 5.11 Å². The molecule has 1 atom stereocenters. The minimum atomic E-state index is -0.941. The summed E-state index contributed by atoms with van der Waals surface area (Å²) in [5, 5.41) is 18.4. The molecule has 1 unspecified atom stereocenters. The van der Waals surface area contributed by atoms with Gasteiger partial charge in [0.05, 0.1) is 11.0 Å². The number of amides is 1. The van der Waals surface area contributed by atoms with Gasteiger partial charge in [0, 0.05) is 19.2 Å². The summed E-state index contributed by atoms with van der Waals surface area (Å²) in [5.41, 5.74) is -1.09. The smallest absolute Gasteiger partial charge is 0.311 e. The van der Waals surface area contributed by atoms with Gasteiger partial charge in [0.15, 0.2) is 0 Å². The van der Waals surface area contributed by atoms with Crippen molar-refractivity contribution in [1.82, 2.24) is 4.90 Å². The van der Waals surface area contributed by atoms with Crippen LogP contribution in [0.3, 0.4) is 0 Å². The van der Waals surface area contributed by atoms with E-state index < -0.39 is 23.1 Å². The van der Waals surface area contributed by atoms with Crippen LogP contribution in [0, 0.1) is 11.2 Å². The normalized spacial score (nSPS) is 22.0. The minimum Gasteiger partial charge on any atom is -0.508 e. The summed E-state index contributed by atoms with van der Waals surface area (Å²) in [7, 11) is 0. The number of phenolic OH excluding ortho intramolecular Hbond substituents is 1. The first-order chi connectivity index (χ1) is 9.39. The fourth-order valence-electron chi connectivity index (χ4n) is 2.51. The van der Waals surface area contributed by atoms with Gasteiger partial charge in [0.1, 0.15) is 11.6 Å². The number of nitrogens with zero attached hydrogens (tertiary/aromatic N) is 1. The van der Waals surface area contributed by atoms with Crippen LogP contribution in [0.5, 0.6) is 5.75 Å². The largest absolute Gasteiger partial charge is 0.508 e. The number of phenols is 1. The first kappa shape index (κ1) is 14.3. The van der Waals surface area contributed by atoms with Gasteiger partial charge in [-0.05, 0) is 25.0 Å². The quantitative estimate of drug-likeness (QED) is 0.886. The second-order valence-corrected chi connectivity index (χ2v) is 5.08. The Bertz CT molecular complexity index is 560. The predicted octanol–water partition coefficient (Wildman–Crippen LogP) is 1.86. The zero-order valence-electron chi connectivity index (χ0n) is 11.1. The predicted molar refractivity (Wildman–Crippen MR) is 68.9 cm³/mol. The maximum absolute atomic E-state index is 13.7. The Morgan fingerprint density at radius 1 is 1.45 bits per heavy atom. The second kappa shape index (κ2) is 5.11. The van der Waals surface area contributed by atoms with Gasteiger partial charge in [-0.25, -0.2) is 4.39 Å². The highest BCUT2D eigenvalue weighted by atomic mass is 19.1. The number of halogens is 1. The molecular weight excluding hydrogens is 265 g/mol. The minimum absolute atomic E-state index is 0.0813. The molecule has 0 spiro atoms. The Morgan fingerprint density at radius 3 is 2.65 bits per heavy atom. The summed E-state index contributed by atoms with van der Waals surface area (Å²) in [6, 6.07) is 3.31. The van der Waals surface area contributed by atoms with Gasteiger partial charge in [-0.3, -0.25) is 9.59 Å². The summed E-state index contributed by atoms with van der Waals surface area (Å²) >= 11 is 0. The molecule has 1 aromatic rings. The number of rotatable bonds is 3. The molecule has 1 aliphatic rings. The summed E-state index contributed by atoms with van der Waals surface area (Å²) in [6.07, 6.45) is 0.786. The molecule has 0 radical (unpaired) electrons. The van der Waals surface area contributed by atoms with E-state index in [0.29, 0.717) is 19.4 Å². The van der Waals surface area contributed by atoms with E-state index in [0.717, 1.165) is 6.07 Å². The van der Waals surface area contributed by atoms with Crippen molar-refractivity contribution in [2.45, 2.75) is 19.8 Å². The van der Waals surface area contributed by atoms with Crippen LogP contribution in [0.2, 0.25) is 0 Å². The van der Waals surface area contributed by atoms with Crippen molar-refractivity contribution in [3.63, 3.8) is 0 Å². The molecule has 20 heavy (non-hydrogen) atoms. The third-order valence-electron chi connectivity index (χ3n) is 3.95. The Hall–Kier alpha value is -2.11. The Kier molecular flexibility index (Phi) is 3.65. The highest BCUT2D eigenvalue weighted by Gasteiger charge is 2.45. The number of carboxylic acids is 1. The lowest BCUT2D eigenvalue weighted by molar-refractivity contribution is -0.148. The lowest BCUT2D eigenvalue weighted by atomic mass is 9.84. The standard InChI is InChI=1S/C14H16FNO4/c1-2-14(13(19)20)5-6-16(8-14)12(18)10-4-3-9(17)7-11(10)15/h3-4,7,17H,2,5-6,8H2,1H3,(H,19,20). The molecule has 2 rings (SSSR count). The highest BCUT2D eigenvalue weighted by molar-refractivity contribution is 5.95. The lowest BCUT2D eigenvalue weighted by Gasteiger charge is -2.23. The van der Waals surface area contributed by atoms with Crippen LogP contribution in [-0.4, -0.2) is 40.1 Å². The SMILES string of the molecule is CCC1(C(=O)O)CCN(C(=O)c2ccc(O)cc2F)C1. The number of aromatic hydroxyl groups is 1. The Balaban J connectivity index is 2.21. The van der Waals surface area contributed by atoms with Crippen LogP contribution >= 0.6 is 0 Å². The van der Waals surface area contributed by atoms with Crippen molar-refractivity contribution < 1.29 is 24.2 Å². The monoisotopic (exact) mass is 281 g/mol. The number of carbonyl (C=O) groups excluding carboxylic acids is 1. The summed E-state index contributed by atoms with van der Waals surface area (Å²) in [4.78, 5) is 24.9. The number of hydrogen-bond donors (Lipinski definition) is 2. The molecule has 1 saturated heterocycles. The molecular formula is C14H16FNO4. The molecule has 5 nitrogen and oxygen atoms in total. The van der Waals surface area contributed by atoms with E-state index in [1.165, 1.54) is 17.0 Å². The van der Waals surface area contributed by atoms with Gasteiger partial charge in [-0.2, -0.15) is 0 Å².